The van der Waals surface area contributed by atoms with Gasteiger partial charge in [0.25, 0.3) is 0 Å². The molecule has 1 unspecified atom stereocenters. The topological polar surface area (TPSA) is 113 Å². The van der Waals surface area contributed by atoms with Gasteiger partial charge < -0.3 is 24.8 Å². The van der Waals surface area contributed by atoms with Crippen LogP contribution in [0.1, 0.15) is 37.0 Å². The molecule has 0 fully saturated rings. The lowest BCUT2D eigenvalue weighted by Crippen LogP contribution is -2.44. The van der Waals surface area contributed by atoms with Crippen LogP contribution in [0.5, 0.6) is 11.5 Å². The Bertz CT molecular complexity index is 1020. The number of carbonyl (C=O) groups excluding carboxylic acids is 2. The summed E-state index contributed by atoms with van der Waals surface area (Å²) in [6.45, 7) is 4.17. The fraction of sp³-hybridized carbons (Fsp3) is 0.333. The summed E-state index contributed by atoms with van der Waals surface area (Å²) in [5.41, 5.74) is -0.249. The summed E-state index contributed by atoms with van der Waals surface area (Å²) in [6.07, 6.45) is 1.42. The van der Waals surface area contributed by atoms with Crippen molar-refractivity contribution in [1.82, 2.24) is 0 Å². The highest BCUT2D eigenvalue weighted by molar-refractivity contribution is 6.11. The number of carbonyl (C=O) groups is 2. The van der Waals surface area contributed by atoms with Gasteiger partial charge in [-0.25, -0.2) is 9.59 Å². The number of hydrogen-bond donors (Lipinski definition) is 3. The van der Waals surface area contributed by atoms with Crippen molar-refractivity contribution in [3.8, 4) is 11.5 Å². The maximum atomic E-state index is 12.9. The van der Waals surface area contributed by atoms with Gasteiger partial charge in [0.05, 0.1) is 12.7 Å². The second-order valence-electron chi connectivity index (χ2n) is 8.05. The number of phenolic OH excluding ortho intramolecular Hbond substituents is 2. The first kappa shape index (κ1) is 22.2. The molecule has 1 atom stereocenters. The van der Waals surface area contributed by atoms with Crippen molar-refractivity contribution in [2.45, 2.75) is 38.7 Å². The number of esters is 2. The largest absolute Gasteiger partial charge is 0.508 e. The zero-order valence-electron chi connectivity index (χ0n) is 17.7. The van der Waals surface area contributed by atoms with Crippen molar-refractivity contribution in [1.29, 1.82) is 0 Å². The lowest BCUT2D eigenvalue weighted by Gasteiger charge is -2.28. The Kier molecular flexibility index (Phi) is 6.24. The first-order valence-electron chi connectivity index (χ1n) is 10.0. The quantitative estimate of drug-likeness (QED) is 0.579. The maximum absolute atomic E-state index is 12.9. The molecule has 164 valence electrons. The van der Waals surface area contributed by atoms with Crippen LogP contribution in [0.2, 0.25) is 0 Å². The Morgan fingerprint density at radius 3 is 2.39 bits per heavy atom. The first-order valence-corrected chi connectivity index (χ1v) is 10.0. The third kappa shape index (κ3) is 4.35. The average molecular weight is 426 g/mol. The maximum Gasteiger partial charge on any atom is 0.375 e. The van der Waals surface area contributed by atoms with Crippen LogP contribution in [0.4, 0.5) is 0 Å². The minimum absolute atomic E-state index is 0.00826. The molecule has 1 heterocycles. The van der Waals surface area contributed by atoms with Gasteiger partial charge >= 0.3 is 11.9 Å². The van der Waals surface area contributed by atoms with Crippen molar-refractivity contribution in [3.63, 3.8) is 0 Å². The van der Waals surface area contributed by atoms with E-state index < -0.39 is 23.3 Å². The van der Waals surface area contributed by atoms with Crippen LogP contribution >= 0.6 is 0 Å². The van der Waals surface area contributed by atoms with Crippen molar-refractivity contribution in [2.75, 3.05) is 7.11 Å². The minimum atomic E-state index is -1.90. The molecule has 3 rings (SSSR count). The van der Waals surface area contributed by atoms with E-state index >= 15 is 0 Å². The van der Waals surface area contributed by atoms with Crippen LogP contribution in [-0.4, -0.2) is 40.0 Å². The van der Waals surface area contributed by atoms with E-state index in [1.807, 2.05) is 0 Å². The fourth-order valence-electron chi connectivity index (χ4n) is 3.73. The molecule has 0 spiro atoms. The van der Waals surface area contributed by atoms with E-state index in [-0.39, 0.29) is 23.5 Å². The first-order chi connectivity index (χ1) is 14.7. The van der Waals surface area contributed by atoms with Gasteiger partial charge in [0.1, 0.15) is 11.5 Å². The van der Waals surface area contributed by atoms with Gasteiger partial charge in [-0.3, -0.25) is 0 Å². The van der Waals surface area contributed by atoms with E-state index in [0.29, 0.717) is 23.5 Å². The molecule has 0 bridgehead atoms. The van der Waals surface area contributed by atoms with E-state index in [2.05, 4.69) is 13.8 Å². The standard InChI is InChI=1S/C24H26O7/c1-14(2)4-6-17-12-15(5-11-19(17)26)13-24(23(29)30-3)20(21(27)22(28)31-24)16-7-9-18(25)10-8-16/h5,7-12,14,25-27H,4,6,13H2,1-3H3. The van der Waals surface area contributed by atoms with Crippen molar-refractivity contribution >= 4 is 17.5 Å². The van der Waals surface area contributed by atoms with E-state index in [1.165, 1.54) is 37.4 Å². The van der Waals surface area contributed by atoms with Gasteiger partial charge in [0.2, 0.25) is 11.4 Å². The van der Waals surface area contributed by atoms with Crippen LogP contribution in [0.15, 0.2) is 48.2 Å². The Balaban J connectivity index is 2.07. The Morgan fingerprint density at radius 2 is 1.77 bits per heavy atom. The Labute approximate surface area is 180 Å². The second kappa shape index (κ2) is 8.71. The highest BCUT2D eigenvalue weighted by atomic mass is 16.6. The number of cyclic esters (lactones) is 1. The van der Waals surface area contributed by atoms with Crippen LogP contribution in [0.3, 0.4) is 0 Å². The summed E-state index contributed by atoms with van der Waals surface area (Å²) >= 11 is 0. The van der Waals surface area contributed by atoms with E-state index in [4.69, 9.17) is 9.47 Å². The number of rotatable bonds is 7. The summed E-state index contributed by atoms with van der Waals surface area (Å²) in [5, 5.41) is 30.3. The van der Waals surface area contributed by atoms with Gasteiger partial charge in [-0.05, 0) is 53.6 Å². The lowest BCUT2D eigenvalue weighted by molar-refractivity contribution is -0.169. The molecule has 3 N–H and O–H groups in total. The van der Waals surface area contributed by atoms with Crippen molar-refractivity contribution in [2.24, 2.45) is 5.92 Å². The molecule has 0 aliphatic carbocycles. The van der Waals surface area contributed by atoms with Crippen molar-refractivity contribution < 1.29 is 34.4 Å². The normalized spacial score (nSPS) is 18.4. The summed E-state index contributed by atoms with van der Waals surface area (Å²) < 4.78 is 10.4. The molecule has 2 aromatic rings. The number of aliphatic hydroxyl groups excluding tert-OH is 1. The van der Waals surface area contributed by atoms with Crippen LogP contribution in [0, 0.1) is 5.92 Å². The molecular weight excluding hydrogens is 400 g/mol. The van der Waals surface area contributed by atoms with E-state index in [0.717, 1.165) is 12.0 Å². The number of benzene rings is 2. The van der Waals surface area contributed by atoms with Crippen LogP contribution in [0.25, 0.3) is 5.57 Å². The number of hydrogen-bond acceptors (Lipinski definition) is 7. The number of aromatic hydroxyl groups is 2. The molecule has 0 saturated heterocycles. The number of aliphatic hydroxyl groups is 1. The fourth-order valence-corrected chi connectivity index (χ4v) is 3.73. The Morgan fingerprint density at radius 1 is 1.10 bits per heavy atom. The molecule has 7 heteroatoms. The van der Waals surface area contributed by atoms with E-state index in [9.17, 15) is 24.9 Å². The SMILES string of the molecule is COC(=O)C1(Cc2ccc(O)c(CCC(C)C)c2)OC(=O)C(O)=C1c1ccc(O)cc1. The molecule has 31 heavy (non-hydrogen) atoms. The molecule has 0 radical (unpaired) electrons. The van der Waals surface area contributed by atoms with Gasteiger partial charge in [0.15, 0.2) is 0 Å². The summed E-state index contributed by atoms with van der Waals surface area (Å²) in [6, 6.07) is 10.7. The predicted molar refractivity (Wildman–Crippen MR) is 113 cm³/mol. The zero-order chi connectivity index (χ0) is 22.8. The second-order valence-corrected chi connectivity index (χ2v) is 8.05. The summed E-state index contributed by atoms with van der Waals surface area (Å²) in [4.78, 5) is 25.2. The lowest BCUT2D eigenvalue weighted by atomic mass is 9.82. The summed E-state index contributed by atoms with van der Waals surface area (Å²) in [5.74, 6) is -1.98. The van der Waals surface area contributed by atoms with Crippen LogP contribution < -0.4 is 0 Å². The van der Waals surface area contributed by atoms with Gasteiger partial charge in [-0.2, -0.15) is 0 Å². The highest BCUT2D eigenvalue weighted by Crippen LogP contribution is 2.43. The molecule has 0 saturated carbocycles. The number of aryl methyl sites for hydroxylation is 1. The van der Waals surface area contributed by atoms with E-state index in [1.54, 1.807) is 12.1 Å². The van der Waals surface area contributed by atoms with Gasteiger partial charge in [0, 0.05) is 6.42 Å². The zero-order valence-corrected chi connectivity index (χ0v) is 17.7. The number of methoxy groups -OCH3 is 1. The minimum Gasteiger partial charge on any atom is -0.508 e. The van der Waals surface area contributed by atoms with Crippen molar-refractivity contribution in [3.05, 3.63) is 64.9 Å². The predicted octanol–water partition coefficient (Wildman–Crippen LogP) is 3.67. The number of phenols is 2. The third-order valence-corrected chi connectivity index (χ3v) is 5.36. The number of ether oxygens (including phenoxy) is 2. The summed E-state index contributed by atoms with van der Waals surface area (Å²) in [7, 11) is 1.17. The Hall–Kier alpha value is -3.48. The molecule has 0 amide bonds. The highest BCUT2D eigenvalue weighted by Gasteiger charge is 2.55. The van der Waals surface area contributed by atoms with Crippen LogP contribution in [-0.2, 0) is 31.9 Å². The van der Waals surface area contributed by atoms with Gasteiger partial charge in [-0.15, -0.1) is 0 Å². The molecule has 0 aromatic heterocycles. The molecule has 1 aliphatic heterocycles. The smallest absolute Gasteiger partial charge is 0.375 e. The average Bonchev–Trinajstić information content (AvgIpc) is 2.99. The molecule has 2 aromatic carbocycles. The molecule has 1 aliphatic rings. The van der Waals surface area contributed by atoms with Gasteiger partial charge in [-0.1, -0.05) is 38.1 Å². The third-order valence-electron chi connectivity index (χ3n) is 5.36. The monoisotopic (exact) mass is 426 g/mol. The molecular formula is C24H26O7. The molecule has 7 nitrogen and oxygen atoms in total.